The lowest BCUT2D eigenvalue weighted by atomic mass is 10.4. The van der Waals surface area contributed by atoms with E-state index in [4.69, 9.17) is 0 Å². The highest BCUT2D eigenvalue weighted by atomic mass is 32.2. The van der Waals surface area contributed by atoms with Crippen LogP contribution in [0.4, 0.5) is 0 Å². The minimum Gasteiger partial charge on any atom is -0.349 e. The molecule has 2 aromatic heterocycles. The van der Waals surface area contributed by atoms with Crippen molar-refractivity contribution >= 4 is 21.4 Å². The van der Waals surface area contributed by atoms with Crippen LogP contribution < -0.4 is 10.0 Å². The number of nitrogens with zero attached hydrogens (tertiary/aromatic N) is 2. The van der Waals surface area contributed by atoms with Gasteiger partial charge in [0.2, 0.25) is 10.0 Å². The van der Waals surface area contributed by atoms with Gasteiger partial charge in [-0.05, 0) is 27.0 Å². The number of nitrogens with one attached hydrogen (secondary N) is 2. The molecule has 0 aromatic carbocycles. The zero-order valence-corrected chi connectivity index (χ0v) is 14.0. The predicted octanol–water partition coefficient (Wildman–Crippen LogP) is 1.47. The number of hydrogen-bond donors (Lipinski definition) is 2. The van der Waals surface area contributed by atoms with E-state index in [-0.39, 0.29) is 6.54 Å². The molecule has 0 bridgehead atoms. The lowest BCUT2D eigenvalue weighted by Gasteiger charge is -2.04. The van der Waals surface area contributed by atoms with Crippen molar-refractivity contribution in [3.8, 4) is 0 Å². The van der Waals surface area contributed by atoms with E-state index in [0.717, 1.165) is 22.8 Å². The smallest absolute Gasteiger partial charge is 0.242 e. The van der Waals surface area contributed by atoms with Gasteiger partial charge in [-0.1, -0.05) is 0 Å². The molecule has 0 radical (unpaired) electrons. The van der Waals surface area contributed by atoms with E-state index < -0.39 is 10.0 Å². The molecule has 0 aliphatic heterocycles. The molecular formula is C13H20N4O2S2. The molecule has 0 unspecified atom stereocenters. The molecule has 0 aliphatic rings. The highest BCUT2D eigenvalue weighted by molar-refractivity contribution is 7.89. The van der Waals surface area contributed by atoms with Crippen molar-refractivity contribution in [1.29, 1.82) is 0 Å². The molecule has 0 aliphatic carbocycles. The second kappa shape index (κ2) is 6.69. The summed E-state index contributed by atoms with van der Waals surface area (Å²) in [5.41, 5.74) is 3.54. The van der Waals surface area contributed by atoms with Crippen molar-refractivity contribution in [2.24, 2.45) is 0 Å². The van der Waals surface area contributed by atoms with Gasteiger partial charge in [0, 0.05) is 36.4 Å². The van der Waals surface area contributed by atoms with Crippen molar-refractivity contribution in [3.63, 3.8) is 0 Å². The number of rotatable bonds is 7. The SMILES string of the molecule is CCn1cc(S(=O)(=O)NCc2scnc2C)cc1CNC. The lowest BCUT2D eigenvalue weighted by Crippen LogP contribution is -2.22. The summed E-state index contributed by atoms with van der Waals surface area (Å²) >= 11 is 1.45. The van der Waals surface area contributed by atoms with Gasteiger partial charge in [-0.25, -0.2) is 18.1 Å². The minimum absolute atomic E-state index is 0.275. The Morgan fingerprint density at radius 2 is 2.14 bits per heavy atom. The third-order valence-electron chi connectivity index (χ3n) is 3.24. The van der Waals surface area contributed by atoms with Crippen molar-refractivity contribution in [2.45, 2.75) is 38.4 Å². The molecule has 21 heavy (non-hydrogen) atoms. The summed E-state index contributed by atoms with van der Waals surface area (Å²) in [5.74, 6) is 0. The maximum atomic E-state index is 12.4. The maximum absolute atomic E-state index is 12.4. The zero-order valence-electron chi connectivity index (χ0n) is 12.4. The highest BCUT2D eigenvalue weighted by Crippen LogP contribution is 2.17. The average molecular weight is 328 g/mol. The van der Waals surface area contributed by atoms with E-state index in [1.165, 1.54) is 11.3 Å². The molecule has 2 rings (SSSR count). The van der Waals surface area contributed by atoms with E-state index in [9.17, 15) is 8.42 Å². The molecule has 116 valence electrons. The van der Waals surface area contributed by atoms with Gasteiger partial charge in [0.1, 0.15) is 0 Å². The van der Waals surface area contributed by atoms with Gasteiger partial charge >= 0.3 is 0 Å². The monoisotopic (exact) mass is 328 g/mol. The Morgan fingerprint density at radius 1 is 1.38 bits per heavy atom. The third-order valence-corrected chi connectivity index (χ3v) is 5.54. The molecule has 2 aromatic rings. The fourth-order valence-electron chi connectivity index (χ4n) is 2.04. The Morgan fingerprint density at radius 3 is 2.71 bits per heavy atom. The van der Waals surface area contributed by atoms with Gasteiger partial charge in [0.05, 0.1) is 16.1 Å². The van der Waals surface area contributed by atoms with Gasteiger partial charge in [0.25, 0.3) is 0 Å². The summed E-state index contributed by atoms with van der Waals surface area (Å²) < 4.78 is 29.3. The number of hydrogen-bond acceptors (Lipinski definition) is 5. The molecule has 0 amide bonds. The minimum atomic E-state index is -3.50. The second-order valence-corrected chi connectivity index (χ2v) is 7.38. The van der Waals surface area contributed by atoms with Gasteiger partial charge in [-0.2, -0.15) is 0 Å². The van der Waals surface area contributed by atoms with E-state index in [2.05, 4.69) is 15.0 Å². The zero-order chi connectivity index (χ0) is 15.5. The topological polar surface area (TPSA) is 76.0 Å². The summed E-state index contributed by atoms with van der Waals surface area (Å²) in [6.45, 7) is 5.51. The van der Waals surface area contributed by atoms with Crippen LogP contribution in [0.15, 0.2) is 22.7 Å². The highest BCUT2D eigenvalue weighted by Gasteiger charge is 2.18. The van der Waals surface area contributed by atoms with Crippen LogP contribution in [-0.4, -0.2) is 25.0 Å². The second-order valence-electron chi connectivity index (χ2n) is 4.67. The summed E-state index contributed by atoms with van der Waals surface area (Å²) in [6.07, 6.45) is 1.68. The van der Waals surface area contributed by atoms with Crippen LogP contribution in [0.3, 0.4) is 0 Å². The normalized spacial score (nSPS) is 12.0. The van der Waals surface area contributed by atoms with Crippen molar-refractivity contribution in [2.75, 3.05) is 7.05 Å². The molecule has 8 heteroatoms. The first-order valence-electron chi connectivity index (χ1n) is 6.70. The van der Waals surface area contributed by atoms with E-state index in [1.807, 2.05) is 25.5 Å². The Hall–Kier alpha value is -1.22. The van der Waals surface area contributed by atoms with Crippen LogP contribution >= 0.6 is 11.3 Å². The molecule has 0 spiro atoms. The first-order chi connectivity index (χ1) is 9.97. The Bertz CT molecular complexity index is 704. The number of aryl methyl sites for hydroxylation is 2. The number of thiazole rings is 1. The van der Waals surface area contributed by atoms with Gasteiger partial charge < -0.3 is 9.88 Å². The fourth-order valence-corrected chi connectivity index (χ4v) is 3.90. The molecular weight excluding hydrogens is 308 g/mol. The van der Waals surface area contributed by atoms with Crippen LogP contribution in [0.2, 0.25) is 0 Å². The Labute approximate surface area is 129 Å². The molecule has 2 heterocycles. The lowest BCUT2D eigenvalue weighted by molar-refractivity contribution is 0.581. The van der Waals surface area contributed by atoms with Gasteiger partial charge in [-0.3, -0.25) is 0 Å². The van der Waals surface area contributed by atoms with Crippen molar-refractivity contribution < 1.29 is 8.42 Å². The first-order valence-corrected chi connectivity index (χ1v) is 9.06. The van der Waals surface area contributed by atoms with E-state index in [1.54, 1.807) is 17.8 Å². The fraction of sp³-hybridized carbons (Fsp3) is 0.462. The largest absolute Gasteiger partial charge is 0.349 e. The van der Waals surface area contributed by atoms with Crippen LogP contribution in [0.25, 0.3) is 0 Å². The van der Waals surface area contributed by atoms with Gasteiger partial charge in [0.15, 0.2) is 0 Å². The summed E-state index contributed by atoms with van der Waals surface area (Å²) in [6, 6.07) is 1.71. The molecule has 0 atom stereocenters. The maximum Gasteiger partial charge on any atom is 0.242 e. The van der Waals surface area contributed by atoms with Crippen LogP contribution in [0.1, 0.15) is 23.2 Å². The quantitative estimate of drug-likeness (QED) is 0.807. The van der Waals surface area contributed by atoms with Crippen molar-refractivity contribution in [1.82, 2.24) is 19.6 Å². The number of aromatic nitrogens is 2. The molecule has 0 fully saturated rings. The van der Waals surface area contributed by atoms with Crippen molar-refractivity contribution in [3.05, 3.63) is 34.0 Å². The van der Waals surface area contributed by atoms with E-state index in [0.29, 0.717) is 11.4 Å². The molecule has 0 saturated heterocycles. The van der Waals surface area contributed by atoms with Gasteiger partial charge in [-0.15, -0.1) is 11.3 Å². The summed E-state index contributed by atoms with van der Waals surface area (Å²) in [7, 11) is -1.66. The molecule has 0 saturated carbocycles. The first kappa shape index (κ1) is 16.2. The third kappa shape index (κ3) is 3.70. The Balaban J connectivity index is 2.17. The molecule has 2 N–H and O–H groups in total. The Kier molecular flexibility index (Phi) is 5.15. The number of sulfonamides is 1. The summed E-state index contributed by atoms with van der Waals surface area (Å²) in [5, 5.41) is 3.04. The average Bonchev–Trinajstić information content (AvgIpc) is 3.04. The standard InChI is InChI=1S/C13H20N4O2S2/c1-4-17-8-12(5-11(17)6-14-3)21(18,19)16-7-13-10(2)15-9-20-13/h5,8-9,14,16H,4,6-7H2,1-3H3. The van der Waals surface area contributed by atoms with Crippen LogP contribution in [0.5, 0.6) is 0 Å². The summed E-state index contributed by atoms with van der Waals surface area (Å²) in [4.78, 5) is 5.35. The molecule has 6 nitrogen and oxygen atoms in total. The van der Waals surface area contributed by atoms with Crippen LogP contribution in [-0.2, 0) is 29.7 Å². The van der Waals surface area contributed by atoms with E-state index >= 15 is 0 Å². The predicted molar refractivity (Wildman–Crippen MR) is 83.7 cm³/mol. The van der Waals surface area contributed by atoms with Crippen LogP contribution in [0, 0.1) is 6.92 Å².